The first-order chi connectivity index (χ1) is 14.4. The van der Waals surface area contributed by atoms with Gasteiger partial charge in [0.2, 0.25) is 15.9 Å². The first kappa shape index (κ1) is 21.2. The number of nitrogens with one attached hydrogen (secondary N) is 1. The number of fused-ring (bicyclic) bond motifs is 1. The molecule has 164 valence electrons. The zero-order valence-corrected chi connectivity index (χ0v) is 17.8. The summed E-state index contributed by atoms with van der Waals surface area (Å²) in [5.74, 6) is -3.17. The zero-order valence-electron chi connectivity index (χ0n) is 17.0. The predicted molar refractivity (Wildman–Crippen MR) is 110 cm³/mol. The molecule has 4 rings (SSSR count). The van der Waals surface area contributed by atoms with Gasteiger partial charge in [-0.1, -0.05) is 6.07 Å². The first-order valence-corrected chi connectivity index (χ1v) is 11.3. The molecule has 0 unspecified atom stereocenters. The Bertz CT molecular complexity index is 1280. The molecule has 1 N–H and O–H groups in total. The minimum absolute atomic E-state index is 0.176. The standard InChI is InChI=1S/C19H20F2N6O3S/c1-11(28)23-16-7-14-13(8-22-16)18(12-9-26(10-12)31(3,29)30)25-27(14)17-6-4-5-15(24-17)19(2,20)21/h4-8,12H,9-10H2,1-3H3,(H,22,23,28). The molecule has 0 aliphatic carbocycles. The Morgan fingerprint density at radius 1 is 1.29 bits per heavy atom. The van der Waals surface area contributed by atoms with Crippen molar-refractivity contribution in [2.75, 3.05) is 24.7 Å². The van der Waals surface area contributed by atoms with Gasteiger partial charge in [-0.15, -0.1) is 0 Å². The summed E-state index contributed by atoms with van der Waals surface area (Å²) in [4.78, 5) is 19.7. The summed E-state index contributed by atoms with van der Waals surface area (Å²) in [7, 11) is -3.31. The predicted octanol–water partition coefficient (Wildman–Crippen LogP) is 2.24. The van der Waals surface area contributed by atoms with Crippen molar-refractivity contribution in [3.8, 4) is 5.82 Å². The number of rotatable bonds is 5. The molecule has 1 fully saturated rings. The monoisotopic (exact) mass is 450 g/mol. The van der Waals surface area contributed by atoms with Gasteiger partial charge in [-0.05, 0) is 12.1 Å². The summed E-state index contributed by atoms with van der Waals surface area (Å²) in [6.07, 6.45) is 2.67. The van der Waals surface area contributed by atoms with Gasteiger partial charge in [0.1, 0.15) is 11.5 Å². The summed E-state index contributed by atoms with van der Waals surface area (Å²) in [5, 5.41) is 7.79. The Labute approximate surface area is 177 Å². The van der Waals surface area contributed by atoms with Gasteiger partial charge in [0, 0.05) is 50.5 Å². The van der Waals surface area contributed by atoms with Crippen molar-refractivity contribution in [2.45, 2.75) is 25.7 Å². The van der Waals surface area contributed by atoms with Crippen LogP contribution in [0.2, 0.25) is 0 Å². The average Bonchev–Trinajstić information content (AvgIpc) is 2.97. The van der Waals surface area contributed by atoms with Crippen molar-refractivity contribution >= 4 is 32.7 Å². The maximum atomic E-state index is 13.8. The van der Waals surface area contributed by atoms with Crippen LogP contribution in [0, 0.1) is 0 Å². The van der Waals surface area contributed by atoms with Gasteiger partial charge in [0.25, 0.3) is 5.92 Å². The zero-order chi connectivity index (χ0) is 22.6. The summed E-state index contributed by atoms with van der Waals surface area (Å²) in [5.41, 5.74) is 0.695. The molecule has 0 aromatic carbocycles. The number of amides is 1. The van der Waals surface area contributed by atoms with Crippen LogP contribution in [0.3, 0.4) is 0 Å². The lowest BCUT2D eigenvalue weighted by Crippen LogP contribution is -2.48. The van der Waals surface area contributed by atoms with Gasteiger partial charge in [0.15, 0.2) is 5.82 Å². The maximum Gasteiger partial charge on any atom is 0.287 e. The van der Waals surface area contributed by atoms with E-state index in [9.17, 15) is 22.0 Å². The van der Waals surface area contributed by atoms with Crippen LogP contribution in [0.1, 0.15) is 31.2 Å². The van der Waals surface area contributed by atoms with E-state index in [-0.39, 0.29) is 36.6 Å². The minimum Gasteiger partial charge on any atom is -0.311 e. The number of hydrogen-bond donors (Lipinski definition) is 1. The van der Waals surface area contributed by atoms with E-state index in [4.69, 9.17) is 0 Å². The molecule has 0 bridgehead atoms. The second-order valence-corrected chi connectivity index (χ2v) is 9.59. The molecule has 1 amide bonds. The number of halogens is 2. The third-order valence-corrected chi connectivity index (χ3v) is 6.24. The van der Waals surface area contributed by atoms with Gasteiger partial charge in [-0.25, -0.2) is 27.4 Å². The Hall–Kier alpha value is -2.99. The van der Waals surface area contributed by atoms with E-state index in [0.717, 1.165) is 13.2 Å². The molecule has 0 saturated carbocycles. The highest BCUT2D eigenvalue weighted by molar-refractivity contribution is 7.88. The summed E-state index contributed by atoms with van der Waals surface area (Å²) < 4.78 is 53.8. The van der Waals surface area contributed by atoms with Crippen molar-refractivity contribution in [3.05, 3.63) is 41.9 Å². The quantitative estimate of drug-likeness (QED) is 0.638. The Kier molecular flexibility index (Phi) is 5.01. The van der Waals surface area contributed by atoms with Crippen molar-refractivity contribution < 1.29 is 22.0 Å². The molecular formula is C19H20F2N6O3S. The number of hydrogen-bond acceptors (Lipinski definition) is 6. The van der Waals surface area contributed by atoms with E-state index in [1.165, 1.54) is 34.2 Å². The summed E-state index contributed by atoms with van der Waals surface area (Å²) in [6, 6.07) is 5.83. The molecule has 1 aliphatic heterocycles. The molecule has 0 spiro atoms. The van der Waals surface area contributed by atoms with Crippen LogP contribution in [0.5, 0.6) is 0 Å². The van der Waals surface area contributed by atoms with E-state index < -0.39 is 21.6 Å². The third kappa shape index (κ3) is 4.12. The molecule has 9 nitrogen and oxygen atoms in total. The first-order valence-electron chi connectivity index (χ1n) is 9.40. The number of carbonyl (C=O) groups is 1. The van der Waals surface area contributed by atoms with Crippen molar-refractivity contribution in [1.29, 1.82) is 0 Å². The minimum atomic E-state index is -3.31. The average molecular weight is 450 g/mol. The van der Waals surface area contributed by atoms with Gasteiger partial charge in [-0.3, -0.25) is 4.79 Å². The largest absolute Gasteiger partial charge is 0.311 e. The molecule has 3 aromatic rings. The third-order valence-electron chi connectivity index (χ3n) is 5.00. The molecule has 4 heterocycles. The lowest BCUT2D eigenvalue weighted by molar-refractivity contribution is -0.114. The highest BCUT2D eigenvalue weighted by atomic mass is 32.2. The number of anilines is 1. The van der Waals surface area contributed by atoms with Crippen molar-refractivity contribution in [2.24, 2.45) is 0 Å². The molecule has 0 atom stereocenters. The highest BCUT2D eigenvalue weighted by Crippen LogP contribution is 2.34. The number of aromatic nitrogens is 4. The fraction of sp³-hybridized carbons (Fsp3) is 0.368. The fourth-order valence-electron chi connectivity index (χ4n) is 3.43. The number of alkyl halides is 2. The fourth-order valence-corrected chi connectivity index (χ4v) is 4.33. The van der Waals surface area contributed by atoms with Gasteiger partial charge in [0.05, 0.1) is 17.5 Å². The van der Waals surface area contributed by atoms with E-state index in [2.05, 4.69) is 20.4 Å². The van der Waals surface area contributed by atoms with Crippen molar-refractivity contribution in [1.82, 2.24) is 24.1 Å². The van der Waals surface area contributed by atoms with Crippen LogP contribution in [-0.2, 0) is 20.7 Å². The van der Waals surface area contributed by atoms with Gasteiger partial charge < -0.3 is 5.32 Å². The van der Waals surface area contributed by atoms with E-state index >= 15 is 0 Å². The molecule has 0 radical (unpaired) electrons. The van der Waals surface area contributed by atoms with Crippen LogP contribution < -0.4 is 5.32 Å². The number of nitrogens with zero attached hydrogens (tertiary/aromatic N) is 5. The van der Waals surface area contributed by atoms with Crippen LogP contribution in [0.4, 0.5) is 14.6 Å². The Morgan fingerprint density at radius 3 is 2.61 bits per heavy atom. The molecule has 3 aromatic heterocycles. The molecule has 1 saturated heterocycles. The van der Waals surface area contributed by atoms with E-state index in [1.807, 2.05) is 0 Å². The van der Waals surface area contributed by atoms with E-state index in [1.54, 1.807) is 12.1 Å². The van der Waals surface area contributed by atoms with Crippen molar-refractivity contribution in [3.63, 3.8) is 0 Å². The normalized spacial score (nSPS) is 15.8. The smallest absolute Gasteiger partial charge is 0.287 e. The number of pyridine rings is 2. The highest BCUT2D eigenvalue weighted by Gasteiger charge is 2.37. The van der Waals surface area contributed by atoms with Gasteiger partial charge in [-0.2, -0.15) is 13.9 Å². The van der Waals surface area contributed by atoms with Crippen LogP contribution in [0.25, 0.3) is 16.7 Å². The molecular weight excluding hydrogens is 430 g/mol. The van der Waals surface area contributed by atoms with E-state index in [0.29, 0.717) is 16.6 Å². The van der Waals surface area contributed by atoms with Crippen LogP contribution >= 0.6 is 0 Å². The van der Waals surface area contributed by atoms with Crippen LogP contribution in [0.15, 0.2) is 30.5 Å². The second-order valence-electron chi connectivity index (χ2n) is 7.61. The van der Waals surface area contributed by atoms with Gasteiger partial charge >= 0.3 is 0 Å². The molecule has 1 aliphatic rings. The second kappa shape index (κ2) is 7.31. The maximum absolute atomic E-state index is 13.8. The number of carbonyl (C=O) groups excluding carboxylic acids is 1. The SMILES string of the molecule is CC(=O)Nc1cc2c(cn1)c(C1CN(S(C)(=O)=O)C1)nn2-c1cccc(C(C)(F)F)n1. The lowest BCUT2D eigenvalue weighted by atomic mass is 9.97. The summed E-state index contributed by atoms with van der Waals surface area (Å²) in [6.45, 7) is 2.63. The lowest BCUT2D eigenvalue weighted by Gasteiger charge is -2.36. The van der Waals surface area contributed by atoms with Crippen LogP contribution in [-0.4, -0.2) is 57.7 Å². The Morgan fingerprint density at radius 2 is 2.00 bits per heavy atom. The Balaban J connectivity index is 1.83. The topological polar surface area (TPSA) is 110 Å². The molecule has 31 heavy (non-hydrogen) atoms. The number of sulfonamides is 1. The summed E-state index contributed by atoms with van der Waals surface area (Å²) >= 11 is 0. The molecule has 12 heteroatoms.